The van der Waals surface area contributed by atoms with E-state index < -0.39 is 0 Å². The summed E-state index contributed by atoms with van der Waals surface area (Å²) >= 11 is 0. The minimum absolute atomic E-state index is 0.134. The van der Waals surface area contributed by atoms with Crippen molar-refractivity contribution in [3.05, 3.63) is 53.6 Å². The van der Waals surface area contributed by atoms with E-state index >= 15 is 0 Å². The fourth-order valence-corrected chi connectivity index (χ4v) is 3.16. The van der Waals surface area contributed by atoms with Gasteiger partial charge in [0.15, 0.2) is 18.1 Å². The van der Waals surface area contributed by atoms with Gasteiger partial charge in [0.2, 0.25) is 0 Å². The Hall–Kier alpha value is -3.02. The molecule has 0 bridgehead atoms. The van der Waals surface area contributed by atoms with Crippen molar-refractivity contribution in [3.8, 4) is 11.5 Å². The van der Waals surface area contributed by atoms with Crippen molar-refractivity contribution in [2.24, 2.45) is 5.10 Å². The summed E-state index contributed by atoms with van der Waals surface area (Å²) in [6, 6.07) is 13.4. The maximum atomic E-state index is 11.9. The molecule has 142 valence electrons. The van der Waals surface area contributed by atoms with Crippen LogP contribution in [0.1, 0.15) is 24.0 Å². The second-order valence-corrected chi connectivity index (χ2v) is 6.47. The van der Waals surface area contributed by atoms with Gasteiger partial charge in [-0.1, -0.05) is 18.2 Å². The minimum atomic E-state index is -0.331. The lowest BCUT2D eigenvalue weighted by Crippen LogP contribution is -2.24. The van der Waals surface area contributed by atoms with Crippen molar-refractivity contribution in [3.63, 3.8) is 0 Å². The maximum Gasteiger partial charge on any atom is 0.277 e. The maximum absolute atomic E-state index is 11.9. The topological polar surface area (TPSA) is 63.2 Å². The molecule has 0 saturated carbocycles. The Morgan fingerprint density at radius 3 is 2.63 bits per heavy atom. The van der Waals surface area contributed by atoms with E-state index in [4.69, 9.17) is 9.47 Å². The normalized spacial score (nSPS) is 13.8. The van der Waals surface area contributed by atoms with Crippen LogP contribution in [0.25, 0.3) is 0 Å². The first-order valence-electron chi connectivity index (χ1n) is 9.10. The molecule has 1 heterocycles. The summed E-state index contributed by atoms with van der Waals surface area (Å²) in [7, 11) is 1.56. The predicted molar refractivity (Wildman–Crippen MR) is 107 cm³/mol. The van der Waals surface area contributed by atoms with E-state index in [-0.39, 0.29) is 12.5 Å². The Labute approximate surface area is 159 Å². The number of anilines is 1. The number of nitrogens with one attached hydrogen (secondary N) is 1. The number of aryl methyl sites for hydroxylation is 1. The molecule has 6 heteroatoms. The van der Waals surface area contributed by atoms with E-state index in [0.717, 1.165) is 18.7 Å². The molecule has 1 aliphatic heterocycles. The number of carbonyl (C=O) groups is 1. The first kappa shape index (κ1) is 18.8. The van der Waals surface area contributed by atoms with Crippen molar-refractivity contribution >= 4 is 17.8 Å². The highest BCUT2D eigenvalue weighted by Gasteiger charge is 2.14. The summed E-state index contributed by atoms with van der Waals surface area (Å²) in [5.41, 5.74) is 5.92. The zero-order chi connectivity index (χ0) is 19.1. The number of methoxy groups -OCH3 is 1. The quantitative estimate of drug-likeness (QED) is 0.603. The largest absolute Gasteiger partial charge is 0.493 e. The smallest absolute Gasteiger partial charge is 0.277 e. The van der Waals surface area contributed by atoms with E-state index in [0.29, 0.717) is 11.5 Å². The monoisotopic (exact) mass is 367 g/mol. The molecule has 0 atom stereocenters. The number of hydrogen-bond acceptors (Lipinski definition) is 5. The van der Waals surface area contributed by atoms with Crippen molar-refractivity contribution in [2.75, 3.05) is 31.7 Å². The zero-order valence-corrected chi connectivity index (χ0v) is 15.8. The van der Waals surface area contributed by atoms with Gasteiger partial charge in [-0.3, -0.25) is 4.79 Å². The molecule has 3 rings (SSSR count). The van der Waals surface area contributed by atoms with Crippen molar-refractivity contribution in [1.29, 1.82) is 0 Å². The van der Waals surface area contributed by atoms with Gasteiger partial charge in [-0.2, -0.15) is 5.10 Å². The van der Waals surface area contributed by atoms with E-state index in [1.54, 1.807) is 25.5 Å². The Kier molecular flexibility index (Phi) is 6.30. The molecular formula is C21H25N3O3. The van der Waals surface area contributed by atoms with Crippen molar-refractivity contribution in [1.82, 2.24) is 5.43 Å². The van der Waals surface area contributed by atoms with Crippen LogP contribution < -0.4 is 19.8 Å². The van der Waals surface area contributed by atoms with Crippen molar-refractivity contribution in [2.45, 2.75) is 19.8 Å². The molecule has 1 saturated heterocycles. The number of nitrogens with zero attached hydrogens (tertiary/aromatic N) is 2. The number of ether oxygens (including phenoxy) is 2. The lowest BCUT2D eigenvalue weighted by atomic mass is 10.1. The highest BCUT2D eigenvalue weighted by Crippen LogP contribution is 2.26. The average molecular weight is 367 g/mol. The van der Waals surface area contributed by atoms with Gasteiger partial charge in [0.25, 0.3) is 5.91 Å². The van der Waals surface area contributed by atoms with E-state index in [1.807, 2.05) is 18.2 Å². The lowest BCUT2D eigenvalue weighted by Gasteiger charge is -2.20. The number of hydrogen-bond donors (Lipinski definition) is 1. The summed E-state index contributed by atoms with van der Waals surface area (Å²) in [5, 5.41) is 4.02. The molecule has 1 N–H and O–H groups in total. The van der Waals surface area contributed by atoms with Gasteiger partial charge in [0.1, 0.15) is 0 Å². The molecule has 0 unspecified atom stereocenters. The number of benzene rings is 2. The SMILES string of the molecule is COc1ccccc1OCC(=O)N/N=C\c1ccc(N2CCCC2)c(C)c1. The van der Waals surface area contributed by atoms with Crippen LogP contribution in [0.4, 0.5) is 5.69 Å². The molecular weight excluding hydrogens is 342 g/mol. The summed E-state index contributed by atoms with van der Waals surface area (Å²) in [5.74, 6) is 0.775. The average Bonchev–Trinajstić information content (AvgIpc) is 3.21. The van der Waals surface area contributed by atoms with Crippen LogP contribution in [0.3, 0.4) is 0 Å². The Bertz CT molecular complexity index is 814. The minimum Gasteiger partial charge on any atom is -0.493 e. The van der Waals surface area contributed by atoms with Crippen LogP contribution in [-0.4, -0.2) is 38.9 Å². The van der Waals surface area contributed by atoms with E-state index in [9.17, 15) is 4.79 Å². The van der Waals surface area contributed by atoms with Gasteiger partial charge in [-0.25, -0.2) is 5.43 Å². The van der Waals surface area contributed by atoms with Gasteiger partial charge >= 0.3 is 0 Å². The fourth-order valence-electron chi connectivity index (χ4n) is 3.16. The Morgan fingerprint density at radius 1 is 1.19 bits per heavy atom. The van der Waals surface area contributed by atoms with Crippen LogP contribution in [0.15, 0.2) is 47.6 Å². The summed E-state index contributed by atoms with van der Waals surface area (Å²) < 4.78 is 10.7. The number of para-hydroxylation sites is 2. The number of amides is 1. The van der Waals surface area contributed by atoms with Gasteiger partial charge in [-0.05, 0) is 55.2 Å². The van der Waals surface area contributed by atoms with E-state index in [2.05, 4.69) is 34.5 Å². The Morgan fingerprint density at radius 2 is 1.93 bits per heavy atom. The van der Waals surface area contributed by atoms with Crippen LogP contribution in [0, 0.1) is 6.92 Å². The van der Waals surface area contributed by atoms with E-state index in [1.165, 1.54) is 24.1 Å². The third-order valence-electron chi connectivity index (χ3n) is 4.50. The molecule has 1 amide bonds. The molecule has 0 radical (unpaired) electrons. The highest BCUT2D eigenvalue weighted by molar-refractivity contribution is 5.84. The third kappa shape index (κ3) is 5.00. The number of hydrazone groups is 1. The molecule has 0 spiro atoms. The molecule has 2 aromatic rings. The molecule has 1 aliphatic rings. The second kappa shape index (κ2) is 9.07. The van der Waals surface area contributed by atoms with Crippen molar-refractivity contribution < 1.29 is 14.3 Å². The third-order valence-corrected chi connectivity index (χ3v) is 4.50. The standard InChI is InChI=1S/C21H25N3O3/c1-16-13-17(9-10-18(16)24-11-5-6-12-24)14-22-23-21(25)15-27-20-8-4-3-7-19(20)26-2/h3-4,7-10,13-14H,5-6,11-12,15H2,1-2H3,(H,23,25)/b22-14-. The lowest BCUT2D eigenvalue weighted by molar-refractivity contribution is -0.123. The second-order valence-electron chi connectivity index (χ2n) is 6.47. The zero-order valence-electron chi connectivity index (χ0n) is 15.8. The van der Waals surface area contributed by atoms with Gasteiger partial charge in [0, 0.05) is 18.8 Å². The molecule has 1 fully saturated rings. The van der Waals surface area contributed by atoms with Crippen LogP contribution in [0.5, 0.6) is 11.5 Å². The molecule has 0 aliphatic carbocycles. The van der Waals surface area contributed by atoms with Gasteiger partial charge in [-0.15, -0.1) is 0 Å². The summed E-state index contributed by atoms with van der Waals surface area (Å²) in [6.45, 7) is 4.21. The molecule has 27 heavy (non-hydrogen) atoms. The summed E-state index contributed by atoms with van der Waals surface area (Å²) in [6.07, 6.45) is 4.15. The molecule has 0 aromatic heterocycles. The molecule has 2 aromatic carbocycles. The van der Waals surface area contributed by atoms with Crippen LogP contribution in [-0.2, 0) is 4.79 Å². The van der Waals surface area contributed by atoms with Gasteiger partial charge in [0.05, 0.1) is 13.3 Å². The van der Waals surface area contributed by atoms with Gasteiger partial charge < -0.3 is 14.4 Å². The number of carbonyl (C=O) groups excluding carboxylic acids is 1. The fraction of sp³-hybridized carbons (Fsp3) is 0.333. The highest BCUT2D eigenvalue weighted by atomic mass is 16.5. The Balaban J connectivity index is 1.51. The van der Waals surface area contributed by atoms with Crippen LogP contribution >= 0.6 is 0 Å². The predicted octanol–water partition coefficient (Wildman–Crippen LogP) is 3.13. The number of rotatable bonds is 7. The first-order chi connectivity index (χ1) is 13.2. The molecule has 6 nitrogen and oxygen atoms in total. The van der Waals surface area contributed by atoms with Crippen LogP contribution in [0.2, 0.25) is 0 Å². The first-order valence-corrected chi connectivity index (χ1v) is 9.10. The summed E-state index contributed by atoms with van der Waals surface area (Å²) in [4.78, 5) is 14.3.